The Morgan fingerprint density at radius 2 is 1.80 bits per heavy atom. The Bertz CT molecular complexity index is 878. The van der Waals surface area contributed by atoms with Crippen molar-refractivity contribution in [3.8, 4) is 23.8 Å². The molecule has 0 saturated heterocycles. The number of hydrogen-bond acceptors (Lipinski definition) is 8. The highest BCUT2D eigenvalue weighted by Crippen LogP contribution is 2.25. The van der Waals surface area contributed by atoms with Crippen LogP contribution in [0.2, 0.25) is 0 Å². The maximum atomic E-state index is 14.0. The Kier molecular flexibility index (Phi) is 5.56. The number of methoxy groups -OCH3 is 2. The molecule has 11 heteroatoms. The molecular weight excluding hydrogens is 355 g/mol. The summed E-state index contributed by atoms with van der Waals surface area (Å²) < 4.78 is 48.7. The first-order valence-corrected chi connectivity index (χ1v) is 8.31. The molecule has 1 aromatic carbocycles. The van der Waals surface area contributed by atoms with Crippen LogP contribution in [-0.4, -0.2) is 38.4 Å². The SMILES string of the molecule is COc1cc(OC)nc(ON(c2ccccc2F)S(=O)(=O)CC#N)n1. The van der Waals surface area contributed by atoms with Crippen molar-refractivity contribution in [2.45, 2.75) is 0 Å². The van der Waals surface area contributed by atoms with Gasteiger partial charge in [0.05, 0.1) is 26.4 Å². The van der Waals surface area contributed by atoms with Crippen LogP contribution in [0.1, 0.15) is 0 Å². The predicted octanol–water partition coefficient (Wildman–Crippen LogP) is 1.29. The van der Waals surface area contributed by atoms with Crippen molar-refractivity contribution < 1.29 is 27.1 Å². The highest BCUT2D eigenvalue weighted by molar-refractivity contribution is 7.92. The molecule has 0 bridgehead atoms. The van der Waals surface area contributed by atoms with Gasteiger partial charge < -0.3 is 14.3 Å². The van der Waals surface area contributed by atoms with Crippen molar-refractivity contribution in [2.24, 2.45) is 0 Å². The number of hydrogen-bond donors (Lipinski definition) is 0. The molecule has 0 fully saturated rings. The van der Waals surface area contributed by atoms with Gasteiger partial charge in [0.2, 0.25) is 11.8 Å². The third-order valence-electron chi connectivity index (χ3n) is 2.79. The Hall–Kier alpha value is -3.13. The smallest absolute Gasteiger partial charge is 0.351 e. The Morgan fingerprint density at radius 3 is 2.32 bits per heavy atom. The fourth-order valence-corrected chi connectivity index (χ4v) is 2.61. The highest BCUT2D eigenvalue weighted by Gasteiger charge is 2.29. The zero-order valence-electron chi connectivity index (χ0n) is 13.2. The number of ether oxygens (including phenoxy) is 2. The number of nitrogens with zero attached hydrogens (tertiary/aromatic N) is 4. The molecule has 0 spiro atoms. The highest BCUT2D eigenvalue weighted by atomic mass is 32.2. The molecule has 0 amide bonds. The van der Waals surface area contributed by atoms with Crippen LogP contribution in [0.4, 0.5) is 10.1 Å². The molecule has 0 N–H and O–H groups in total. The number of nitriles is 1. The predicted molar refractivity (Wildman–Crippen MR) is 84.0 cm³/mol. The fraction of sp³-hybridized carbons (Fsp3) is 0.214. The maximum Gasteiger partial charge on any atom is 0.351 e. The van der Waals surface area contributed by atoms with Crippen LogP contribution in [0.3, 0.4) is 0 Å². The van der Waals surface area contributed by atoms with Crippen molar-refractivity contribution in [2.75, 3.05) is 24.4 Å². The van der Waals surface area contributed by atoms with Gasteiger partial charge in [0.15, 0.2) is 11.6 Å². The van der Waals surface area contributed by atoms with Crippen molar-refractivity contribution in [1.82, 2.24) is 9.97 Å². The van der Waals surface area contributed by atoms with Gasteiger partial charge in [-0.25, -0.2) is 12.8 Å². The minimum absolute atomic E-state index is 0.0352. The summed E-state index contributed by atoms with van der Waals surface area (Å²) in [5.41, 5.74) is -0.428. The van der Waals surface area contributed by atoms with E-state index in [0.29, 0.717) is 0 Å². The number of anilines is 1. The number of benzene rings is 1. The van der Waals surface area contributed by atoms with Gasteiger partial charge in [-0.3, -0.25) is 0 Å². The number of sulfonamides is 1. The average molecular weight is 368 g/mol. The van der Waals surface area contributed by atoms with Crippen molar-refractivity contribution in [3.05, 3.63) is 36.1 Å². The van der Waals surface area contributed by atoms with Gasteiger partial charge in [0.25, 0.3) is 10.0 Å². The molecule has 1 heterocycles. The van der Waals surface area contributed by atoms with Gasteiger partial charge in [0.1, 0.15) is 5.69 Å². The van der Waals surface area contributed by atoms with Crippen LogP contribution >= 0.6 is 0 Å². The molecule has 2 rings (SSSR count). The minimum Gasteiger partial charge on any atom is -0.481 e. The standard InChI is InChI=1S/C14H13FN4O5S/c1-22-12-9-13(23-2)18-14(17-12)24-19(25(20,21)8-7-16)11-6-4-3-5-10(11)15/h3-6,9H,8H2,1-2H3. The fourth-order valence-electron chi connectivity index (χ4n) is 1.70. The van der Waals surface area contributed by atoms with Crippen LogP contribution in [0.5, 0.6) is 17.8 Å². The number of para-hydroxylation sites is 1. The van der Waals surface area contributed by atoms with Gasteiger partial charge in [-0.15, -0.1) is 0 Å². The molecular formula is C14H13FN4O5S. The van der Waals surface area contributed by atoms with Crippen LogP contribution in [0.15, 0.2) is 30.3 Å². The summed E-state index contributed by atoms with van der Waals surface area (Å²) in [6.07, 6.45) is 0. The third-order valence-corrected chi connectivity index (χ3v) is 4.06. The summed E-state index contributed by atoms with van der Waals surface area (Å²) in [4.78, 5) is 12.8. The summed E-state index contributed by atoms with van der Waals surface area (Å²) in [5, 5.41) is 8.72. The molecule has 0 unspecified atom stereocenters. The molecule has 0 aliphatic heterocycles. The second-order valence-electron chi connectivity index (χ2n) is 4.42. The lowest BCUT2D eigenvalue weighted by Crippen LogP contribution is -2.37. The molecule has 9 nitrogen and oxygen atoms in total. The topological polar surface area (TPSA) is 115 Å². The first kappa shape index (κ1) is 18.2. The Labute approximate surface area is 143 Å². The summed E-state index contributed by atoms with van der Waals surface area (Å²) >= 11 is 0. The largest absolute Gasteiger partial charge is 0.481 e. The Morgan fingerprint density at radius 1 is 1.20 bits per heavy atom. The molecule has 2 aromatic rings. The quantitative estimate of drug-likeness (QED) is 0.672. The van der Waals surface area contributed by atoms with E-state index in [1.807, 2.05) is 0 Å². The van der Waals surface area contributed by atoms with E-state index < -0.39 is 33.3 Å². The molecule has 0 saturated carbocycles. The van der Waals surface area contributed by atoms with E-state index in [4.69, 9.17) is 19.6 Å². The number of halogens is 1. The van der Waals surface area contributed by atoms with E-state index in [0.717, 1.165) is 6.07 Å². The zero-order chi connectivity index (χ0) is 18.4. The number of rotatable bonds is 7. The van der Waals surface area contributed by atoms with Gasteiger partial charge in [-0.2, -0.15) is 15.2 Å². The van der Waals surface area contributed by atoms with Gasteiger partial charge in [0, 0.05) is 0 Å². The second kappa shape index (κ2) is 7.63. The molecule has 0 aliphatic rings. The van der Waals surface area contributed by atoms with Crippen LogP contribution < -0.4 is 18.8 Å². The maximum absolute atomic E-state index is 14.0. The van der Waals surface area contributed by atoms with E-state index in [1.165, 1.54) is 44.6 Å². The lowest BCUT2D eigenvalue weighted by atomic mass is 10.3. The van der Waals surface area contributed by atoms with E-state index in [1.54, 1.807) is 0 Å². The van der Waals surface area contributed by atoms with Gasteiger partial charge >= 0.3 is 6.01 Å². The first-order valence-electron chi connectivity index (χ1n) is 6.70. The van der Waals surface area contributed by atoms with Crippen LogP contribution in [-0.2, 0) is 10.0 Å². The van der Waals surface area contributed by atoms with Gasteiger partial charge in [-0.1, -0.05) is 16.6 Å². The van der Waals surface area contributed by atoms with E-state index >= 15 is 0 Å². The monoisotopic (exact) mass is 368 g/mol. The lowest BCUT2D eigenvalue weighted by Gasteiger charge is -2.21. The molecule has 132 valence electrons. The van der Waals surface area contributed by atoms with Crippen molar-refractivity contribution >= 4 is 15.7 Å². The molecule has 1 aromatic heterocycles. The zero-order valence-corrected chi connectivity index (χ0v) is 14.0. The Balaban J connectivity index is 2.51. The summed E-state index contributed by atoms with van der Waals surface area (Å²) in [6.45, 7) is 0. The van der Waals surface area contributed by atoms with Crippen molar-refractivity contribution in [1.29, 1.82) is 5.26 Å². The molecule has 0 radical (unpaired) electrons. The normalized spacial score (nSPS) is 10.6. The number of aromatic nitrogens is 2. The van der Waals surface area contributed by atoms with E-state index in [-0.39, 0.29) is 16.2 Å². The molecule has 0 aliphatic carbocycles. The summed E-state index contributed by atoms with van der Waals surface area (Å²) in [5.74, 6) is -1.75. The van der Waals surface area contributed by atoms with Crippen LogP contribution in [0, 0.1) is 17.1 Å². The third kappa shape index (κ3) is 4.24. The summed E-state index contributed by atoms with van der Waals surface area (Å²) in [6, 6.07) is 7.34. The van der Waals surface area contributed by atoms with E-state index in [2.05, 4.69) is 9.97 Å². The van der Waals surface area contributed by atoms with Crippen LogP contribution in [0.25, 0.3) is 0 Å². The lowest BCUT2D eigenvalue weighted by molar-refractivity contribution is 0.288. The molecule has 25 heavy (non-hydrogen) atoms. The van der Waals surface area contributed by atoms with Gasteiger partial charge in [-0.05, 0) is 12.1 Å². The minimum atomic E-state index is -4.34. The second-order valence-corrected chi connectivity index (χ2v) is 6.20. The van der Waals surface area contributed by atoms with Crippen molar-refractivity contribution in [3.63, 3.8) is 0 Å². The average Bonchev–Trinajstić information content (AvgIpc) is 2.60. The summed E-state index contributed by atoms with van der Waals surface area (Å²) in [7, 11) is -1.68. The molecule has 0 atom stereocenters. The van der Waals surface area contributed by atoms with E-state index in [9.17, 15) is 12.8 Å². The first-order chi connectivity index (χ1) is 11.9.